The molecule has 0 aromatic heterocycles. The fourth-order valence-electron chi connectivity index (χ4n) is 15.8. The molecule has 0 saturated carbocycles. The zero-order valence-electron chi connectivity index (χ0n) is 52.0. The lowest BCUT2D eigenvalue weighted by molar-refractivity contribution is 0.660. The maximum Gasteiger partial charge on any atom is 0.0725 e. The van der Waals surface area contributed by atoms with Gasteiger partial charge in [-0.2, -0.15) is 0 Å². The van der Waals surface area contributed by atoms with Gasteiger partial charge in [0.1, 0.15) is 0 Å². The summed E-state index contributed by atoms with van der Waals surface area (Å²) in [6, 6.07) is 95.9. The second kappa shape index (κ2) is 20.4. The van der Waals surface area contributed by atoms with Gasteiger partial charge in [-0.25, -0.2) is 0 Å². The summed E-state index contributed by atoms with van der Waals surface area (Å²) in [7, 11) is 0. The molecule has 4 aliphatic rings. The molecule has 89 heavy (non-hydrogen) atoms. The average molecular weight is 1140 g/mol. The Morgan fingerprint density at radius 3 is 0.809 bits per heavy atom. The van der Waals surface area contributed by atoms with Crippen LogP contribution in [0.5, 0.6) is 0 Å². The molecule has 0 heterocycles. The Hall–Kier alpha value is -10.3. The van der Waals surface area contributed by atoms with Crippen LogP contribution in [0, 0.1) is 27.7 Å². The highest BCUT2D eigenvalue weighted by molar-refractivity contribution is 5.97. The van der Waals surface area contributed by atoms with Crippen LogP contribution in [0.1, 0.15) is 117 Å². The van der Waals surface area contributed by atoms with Crippen molar-refractivity contribution in [3.8, 4) is 44.5 Å². The Morgan fingerprint density at radius 2 is 0.483 bits per heavy atom. The monoisotopic (exact) mass is 1140 g/mol. The van der Waals surface area contributed by atoms with Crippen LogP contribution in [0.4, 0.5) is 34.1 Å². The number of rotatable bonds is 10. The van der Waals surface area contributed by atoms with Gasteiger partial charge in [0.15, 0.2) is 0 Å². The topological polar surface area (TPSA) is 6.48 Å². The van der Waals surface area contributed by atoms with Gasteiger partial charge in [0.2, 0.25) is 0 Å². The van der Waals surface area contributed by atoms with Gasteiger partial charge in [-0.3, -0.25) is 0 Å². The molecule has 0 saturated heterocycles. The molecule has 0 atom stereocenters. The number of hydrogen-bond acceptors (Lipinski definition) is 2. The van der Waals surface area contributed by atoms with Gasteiger partial charge in [-0.05, 0) is 222 Å². The third-order valence-electron chi connectivity index (χ3n) is 20.4. The lowest BCUT2D eigenvalue weighted by atomic mass is 9.70. The minimum absolute atomic E-state index is 0.208. The van der Waals surface area contributed by atoms with E-state index in [0.717, 1.165) is 0 Å². The Bertz CT molecular complexity index is 4580. The lowest BCUT2D eigenvalue weighted by Gasteiger charge is -2.30. The summed E-state index contributed by atoms with van der Waals surface area (Å²) in [5.74, 6) is 0. The van der Waals surface area contributed by atoms with E-state index in [9.17, 15) is 0 Å². The summed E-state index contributed by atoms with van der Waals surface area (Å²) in [5, 5.41) is 0. The molecule has 0 radical (unpaired) electrons. The second-order valence-electron chi connectivity index (χ2n) is 26.3. The SMILES string of the molecule is Cc1ccccc1N(c1ccc2c(c1)C(C)(C)c1cc(/C=C/c3ccc4c(c3)C3(c5ccccc5-c5ccccc53)c3cc(/C=C/c5ccc6c(c5)C(C)(C)c5cc(N(c7ccccc7C)c7ccccc7C)ccc5-6)ccc3-4)ccc1-2)c1ccccc1C. The molecule has 0 fully saturated rings. The Balaban J connectivity index is 0.723. The van der Waals surface area contributed by atoms with Gasteiger partial charge in [0.25, 0.3) is 0 Å². The number of hydrogen-bond donors (Lipinski definition) is 0. The minimum atomic E-state index is -0.488. The van der Waals surface area contributed by atoms with E-state index in [1.807, 2.05) is 0 Å². The summed E-state index contributed by atoms with van der Waals surface area (Å²) in [6.45, 7) is 18.4. The highest BCUT2D eigenvalue weighted by Crippen LogP contribution is 2.63. The number of benzene rings is 12. The van der Waals surface area contributed by atoms with Crippen molar-refractivity contribution in [1.29, 1.82) is 0 Å². The van der Waals surface area contributed by atoms with Crippen LogP contribution in [-0.4, -0.2) is 0 Å². The average Bonchev–Trinajstić information content (AvgIpc) is 1.52. The maximum absolute atomic E-state index is 2.49. The summed E-state index contributed by atoms with van der Waals surface area (Å²) < 4.78 is 0. The van der Waals surface area contributed by atoms with E-state index in [-0.39, 0.29) is 10.8 Å². The van der Waals surface area contributed by atoms with Gasteiger partial charge in [0, 0.05) is 45.0 Å². The third kappa shape index (κ3) is 8.30. The first-order valence-corrected chi connectivity index (χ1v) is 31.6. The van der Waals surface area contributed by atoms with E-state index in [2.05, 4.69) is 344 Å². The molecule has 1 spiro atoms. The van der Waals surface area contributed by atoms with Crippen molar-refractivity contribution in [2.75, 3.05) is 9.80 Å². The minimum Gasteiger partial charge on any atom is -0.310 e. The first kappa shape index (κ1) is 54.1. The normalized spacial score (nSPS) is 14.5. The standard InChI is InChI=1S/C87H70N2/c1-55-21-9-17-29-81(55)88(82-30-18-10-22-56(82)2)63-41-47-69-67-43-37-59(49-75(67)85(5,6)77(69)53-63)33-35-61-39-45-71-72-46-40-62(52-80(72)87(79(71)51-61)73-27-15-13-25-65(73)66-26-14-16-28-74(66)87)36-34-60-38-44-68-70-48-42-64(54-78(70)86(7,8)76(68)50-60)89(83-31-19-11-23-57(83)3)84-32-20-12-24-58(84)4/h9-54H,1-8H3/b35-33+,36-34+. The molecule has 0 unspecified atom stereocenters. The molecule has 0 aliphatic heterocycles. The van der Waals surface area contributed by atoms with E-state index in [4.69, 9.17) is 0 Å². The molecule has 16 rings (SSSR count). The van der Waals surface area contributed by atoms with Gasteiger partial charge in [0.05, 0.1) is 5.41 Å². The van der Waals surface area contributed by atoms with E-state index in [1.165, 1.54) is 168 Å². The predicted octanol–water partition coefficient (Wildman–Crippen LogP) is 23.2. The van der Waals surface area contributed by atoms with E-state index >= 15 is 0 Å². The van der Waals surface area contributed by atoms with Crippen molar-refractivity contribution in [3.63, 3.8) is 0 Å². The molecule has 12 aromatic rings. The molecular weight excluding hydrogens is 1070 g/mol. The summed E-state index contributed by atoms with van der Waals surface area (Å²) in [4.78, 5) is 4.88. The summed E-state index contributed by atoms with van der Waals surface area (Å²) in [6.07, 6.45) is 9.30. The molecule has 0 N–H and O–H groups in total. The van der Waals surface area contributed by atoms with Crippen molar-refractivity contribution in [2.45, 2.75) is 71.6 Å². The zero-order chi connectivity index (χ0) is 60.5. The number of nitrogens with zero attached hydrogens (tertiary/aromatic N) is 2. The molecule has 4 aliphatic carbocycles. The molecule has 2 nitrogen and oxygen atoms in total. The van der Waals surface area contributed by atoms with E-state index in [1.54, 1.807) is 0 Å². The Labute approximate surface area is 525 Å². The lowest BCUT2D eigenvalue weighted by Crippen LogP contribution is -2.26. The highest BCUT2D eigenvalue weighted by Gasteiger charge is 2.52. The summed E-state index contributed by atoms with van der Waals surface area (Å²) in [5.41, 5.74) is 37.2. The molecule has 2 heteroatoms. The predicted molar refractivity (Wildman–Crippen MR) is 377 cm³/mol. The van der Waals surface area contributed by atoms with Crippen molar-refractivity contribution in [3.05, 3.63) is 344 Å². The van der Waals surface area contributed by atoms with Gasteiger partial charge in [-0.15, -0.1) is 0 Å². The van der Waals surface area contributed by atoms with Crippen LogP contribution in [0.15, 0.2) is 255 Å². The van der Waals surface area contributed by atoms with Crippen molar-refractivity contribution >= 4 is 58.4 Å². The molecule has 0 amide bonds. The fourth-order valence-corrected chi connectivity index (χ4v) is 15.8. The van der Waals surface area contributed by atoms with Crippen LogP contribution in [0.3, 0.4) is 0 Å². The van der Waals surface area contributed by atoms with Crippen LogP contribution < -0.4 is 9.80 Å². The number of para-hydroxylation sites is 4. The Kier molecular flexibility index (Phi) is 12.4. The van der Waals surface area contributed by atoms with Crippen LogP contribution in [0.25, 0.3) is 68.8 Å². The quantitative estimate of drug-likeness (QED) is 0.126. The van der Waals surface area contributed by atoms with Gasteiger partial charge in [-0.1, -0.05) is 246 Å². The van der Waals surface area contributed by atoms with Crippen molar-refractivity contribution < 1.29 is 0 Å². The first-order valence-electron chi connectivity index (χ1n) is 31.6. The molecule has 12 aromatic carbocycles. The van der Waals surface area contributed by atoms with Crippen LogP contribution in [-0.2, 0) is 16.2 Å². The van der Waals surface area contributed by atoms with Gasteiger partial charge >= 0.3 is 0 Å². The van der Waals surface area contributed by atoms with Crippen molar-refractivity contribution in [2.24, 2.45) is 0 Å². The van der Waals surface area contributed by atoms with E-state index < -0.39 is 5.41 Å². The number of fused-ring (bicyclic) bond motifs is 16. The Morgan fingerprint density at radius 1 is 0.236 bits per heavy atom. The van der Waals surface area contributed by atoms with Crippen LogP contribution in [0.2, 0.25) is 0 Å². The molecule has 0 bridgehead atoms. The van der Waals surface area contributed by atoms with E-state index in [0.29, 0.717) is 0 Å². The smallest absolute Gasteiger partial charge is 0.0725 e. The zero-order valence-corrected chi connectivity index (χ0v) is 52.0. The van der Waals surface area contributed by atoms with Gasteiger partial charge < -0.3 is 9.80 Å². The number of aryl methyl sites for hydroxylation is 4. The largest absolute Gasteiger partial charge is 0.310 e. The molecule has 428 valence electrons. The second-order valence-corrected chi connectivity index (χ2v) is 26.3. The van der Waals surface area contributed by atoms with Crippen LogP contribution >= 0.6 is 0 Å². The third-order valence-corrected chi connectivity index (χ3v) is 20.4. The number of anilines is 6. The fraction of sp³-hybridized carbons (Fsp3) is 0.126. The summed E-state index contributed by atoms with van der Waals surface area (Å²) >= 11 is 0. The van der Waals surface area contributed by atoms with Crippen molar-refractivity contribution in [1.82, 2.24) is 0 Å². The molecular formula is C87H70N2. The first-order chi connectivity index (χ1) is 43.3. The highest BCUT2D eigenvalue weighted by atomic mass is 15.2. The maximum atomic E-state index is 2.49.